The van der Waals surface area contributed by atoms with E-state index in [0.717, 1.165) is 17.0 Å². The van der Waals surface area contributed by atoms with Crippen molar-refractivity contribution in [2.75, 3.05) is 0 Å². The van der Waals surface area contributed by atoms with Crippen LogP contribution in [0.25, 0.3) is 5.69 Å². The molecule has 4 rings (SSSR count). The van der Waals surface area contributed by atoms with Crippen molar-refractivity contribution in [3.05, 3.63) is 101 Å². The van der Waals surface area contributed by atoms with Crippen LogP contribution in [0, 0.1) is 18.6 Å². The van der Waals surface area contributed by atoms with Gasteiger partial charge in [0.2, 0.25) is 5.88 Å². The zero-order valence-electron chi connectivity index (χ0n) is 16.2. The van der Waals surface area contributed by atoms with Gasteiger partial charge in [0.1, 0.15) is 17.2 Å². The van der Waals surface area contributed by atoms with E-state index >= 15 is 0 Å². The molecule has 0 bridgehead atoms. The second-order valence-corrected chi connectivity index (χ2v) is 8.03. The number of hydrogen-bond acceptors (Lipinski definition) is 4. The van der Waals surface area contributed by atoms with Crippen molar-refractivity contribution in [1.29, 1.82) is 0 Å². The van der Waals surface area contributed by atoms with Gasteiger partial charge in [-0.05, 0) is 55.5 Å². The fourth-order valence-electron chi connectivity index (χ4n) is 2.90. The van der Waals surface area contributed by atoms with E-state index in [-0.39, 0.29) is 5.88 Å². The maximum atomic E-state index is 14.1. The SMILES string of the molecule is Cc1nn(-c2ccccc2)c(OC(=O)c2c(F)cccc2F)c1Sc1ccc(Cl)cc1. The molecule has 156 valence electrons. The lowest BCUT2D eigenvalue weighted by Gasteiger charge is -2.11. The third kappa shape index (κ3) is 4.47. The number of esters is 1. The first-order valence-corrected chi connectivity index (χ1v) is 10.4. The molecule has 0 aliphatic rings. The molecule has 1 heterocycles. The molecule has 0 N–H and O–H groups in total. The molecule has 0 amide bonds. The molecule has 8 heteroatoms. The fourth-order valence-corrected chi connectivity index (χ4v) is 3.93. The van der Waals surface area contributed by atoms with Crippen LogP contribution in [0.15, 0.2) is 82.6 Å². The number of para-hydroxylation sites is 1. The third-order valence-corrected chi connectivity index (χ3v) is 5.79. The van der Waals surface area contributed by atoms with Gasteiger partial charge in [-0.3, -0.25) is 0 Å². The van der Waals surface area contributed by atoms with Gasteiger partial charge in [0.15, 0.2) is 0 Å². The monoisotopic (exact) mass is 456 g/mol. The van der Waals surface area contributed by atoms with Crippen molar-refractivity contribution in [2.45, 2.75) is 16.7 Å². The first-order valence-electron chi connectivity index (χ1n) is 9.18. The zero-order valence-corrected chi connectivity index (χ0v) is 17.8. The molecule has 0 radical (unpaired) electrons. The summed E-state index contributed by atoms with van der Waals surface area (Å²) < 4.78 is 35.2. The summed E-state index contributed by atoms with van der Waals surface area (Å²) in [7, 11) is 0. The van der Waals surface area contributed by atoms with Gasteiger partial charge in [0.05, 0.1) is 16.3 Å². The van der Waals surface area contributed by atoms with E-state index in [1.807, 2.05) is 18.2 Å². The maximum Gasteiger partial charge on any atom is 0.350 e. The number of aryl methyl sites for hydroxylation is 1. The normalized spacial score (nSPS) is 10.8. The van der Waals surface area contributed by atoms with E-state index in [4.69, 9.17) is 16.3 Å². The Kier molecular flexibility index (Phi) is 6.06. The Morgan fingerprint density at radius 2 is 1.61 bits per heavy atom. The highest BCUT2D eigenvalue weighted by atomic mass is 35.5. The molecular formula is C23H15ClF2N2O2S. The molecule has 0 spiro atoms. The van der Waals surface area contributed by atoms with Crippen LogP contribution in [0.5, 0.6) is 5.88 Å². The van der Waals surface area contributed by atoms with Crippen molar-refractivity contribution in [1.82, 2.24) is 9.78 Å². The molecule has 0 fully saturated rings. The number of rotatable bonds is 5. The largest absolute Gasteiger partial charge is 0.402 e. The molecule has 0 saturated carbocycles. The lowest BCUT2D eigenvalue weighted by atomic mass is 10.2. The van der Waals surface area contributed by atoms with E-state index in [0.29, 0.717) is 21.3 Å². The van der Waals surface area contributed by atoms with Gasteiger partial charge < -0.3 is 4.74 Å². The van der Waals surface area contributed by atoms with Crippen LogP contribution in [0.1, 0.15) is 16.1 Å². The average Bonchev–Trinajstić information content (AvgIpc) is 3.05. The quantitative estimate of drug-likeness (QED) is 0.322. The van der Waals surface area contributed by atoms with Crippen molar-refractivity contribution < 1.29 is 18.3 Å². The van der Waals surface area contributed by atoms with Crippen LogP contribution in [0.4, 0.5) is 8.78 Å². The molecular weight excluding hydrogens is 442 g/mol. The second kappa shape index (κ2) is 8.91. The Hall–Kier alpha value is -3.16. The first-order chi connectivity index (χ1) is 14.9. The van der Waals surface area contributed by atoms with Gasteiger partial charge in [-0.1, -0.05) is 47.6 Å². The number of carbonyl (C=O) groups is 1. The topological polar surface area (TPSA) is 44.1 Å². The molecule has 0 unspecified atom stereocenters. The van der Waals surface area contributed by atoms with Gasteiger partial charge in [0.25, 0.3) is 0 Å². The smallest absolute Gasteiger partial charge is 0.350 e. The van der Waals surface area contributed by atoms with Crippen molar-refractivity contribution >= 4 is 29.3 Å². The molecule has 0 saturated heterocycles. The Morgan fingerprint density at radius 3 is 2.26 bits per heavy atom. The standard InChI is InChI=1S/C23H15ClF2N2O2S/c1-14-21(31-17-12-10-15(24)11-13-17)22(28(27-14)16-6-3-2-4-7-16)30-23(29)20-18(25)8-5-9-19(20)26/h2-13H,1H3. The van der Waals surface area contributed by atoms with Crippen LogP contribution < -0.4 is 4.74 Å². The minimum atomic E-state index is -1.15. The van der Waals surface area contributed by atoms with Gasteiger partial charge in [-0.25, -0.2) is 13.6 Å². The number of hydrogen-bond donors (Lipinski definition) is 0. The molecule has 1 aromatic heterocycles. The molecule has 0 aliphatic heterocycles. The van der Waals surface area contributed by atoms with E-state index in [9.17, 15) is 13.6 Å². The maximum absolute atomic E-state index is 14.1. The predicted octanol–water partition coefficient (Wildman–Crippen LogP) is 6.48. The van der Waals surface area contributed by atoms with Crippen LogP contribution in [-0.2, 0) is 0 Å². The summed E-state index contributed by atoms with van der Waals surface area (Å²) in [6, 6.07) is 19.3. The van der Waals surface area contributed by atoms with Crippen LogP contribution in [0.3, 0.4) is 0 Å². The van der Waals surface area contributed by atoms with Gasteiger partial charge >= 0.3 is 5.97 Å². The minimum absolute atomic E-state index is 0.0660. The molecule has 0 aliphatic carbocycles. The van der Waals surface area contributed by atoms with Crippen LogP contribution in [-0.4, -0.2) is 15.7 Å². The number of halogens is 3. The average molecular weight is 457 g/mol. The summed E-state index contributed by atoms with van der Waals surface area (Å²) >= 11 is 7.27. The van der Waals surface area contributed by atoms with Crippen LogP contribution >= 0.6 is 23.4 Å². The van der Waals surface area contributed by atoms with Crippen molar-refractivity contribution in [3.63, 3.8) is 0 Å². The molecule has 3 aromatic carbocycles. The Bertz CT molecular complexity index is 1220. The predicted molar refractivity (Wildman–Crippen MR) is 115 cm³/mol. The number of ether oxygens (including phenoxy) is 1. The number of nitrogens with zero attached hydrogens (tertiary/aromatic N) is 2. The fraction of sp³-hybridized carbons (Fsp3) is 0.0435. The van der Waals surface area contributed by atoms with Crippen molar-refractivity contribution in [2.24, 2.45) is 0 Å². The molecule has 4 aromatic rings. The van der Waals surface area contributed by atoms with Gasteiger partial charge in [-0.2, -0.15) is 9.78 Å². The van der Waals surface area contributed by atoms with E-state index in [2.05, 4.69) is 5.10 Å². The first kappa shape index (κ1) is 21.1. The van der Waals surface area contributed by atoms with E-state index in [1.54, 1.807) is 43.3 Å². The highest BCUT2D eigenvalue weighted by molar-refractivity contribution is 7.99. The van der Waals surface area contributed by atoms with E-state index in [1.165, 1.54) is 22.5 Å². The van der Waals surface area contributed by atoms with E-state index < -0.39 is 23.2 Å². The Balaban J connectivity index is 1.79. The Labute approximate surface area is 186 Å². The second-order valence-electron chi connectivity index (χ2n) is 6.51. The highest BCUT2D eigenvalue weighted by Crippen LogP contribution is 2.39. The van der Waals surface area contributed by atoms with Crippen LogP contribution in [0.2, 0.25) is 5.02 Å². The zero-order chi connectivity index (χ0) is 22.0. The van der Waals surface area contributed by atoms with Crippen molar-refractivity contribution in [3.8, 4) is 11.6 Å². The third-order valence-electron chi connectivity index (χ3n) is 4.36. The summed E-state index contributed by atoms with van der Waals surface area (Å²) in [4.78, 5) is 14.1. The summed E-state index contributed by atoms with van der Waals surface area (Å²) in [5, 5.41) is 5.08. The number of aromatic nitrogens is 2. The lowest BCUT2D eigenvalue weighted by Crippen LogP contribution is -2.15. The van der Waals surface area contributed by atoms with Gasteiger partial charge in [-0.15, -0.1) is 0 Å². The molecule has 0 atom stereocenters. The number of benzene rings is 3. The molecule has 31 heavy (non-hydrogen) atoms. The molecule has 4 nitrogen and oxygen atoms in total. The minimum Gasteiger partial charge on any atom is -0.402 e. The summed E-state index contributed by atoms with van der Waals surface area (Å²) in [6.07, 6.45) is 0. The summed E-state index contributed by atoms with van der Waals surface area (Å²) in [5.41, 5.74) is 0.453. The summed E-state index contributed by atoms with van der Waals surface area (Å²) in [6.45, 7) is 1.76. The van der Waals surface area contributed by atoms with Gasteiger partial charge in [0, 0.05) is 9.92 Å². The highest BCUT2D eigenvalue weighted by Gasteiger charge is 2.26. The lowest BCUT2D eigenvalue weighted by molar-refractivity contribution is 0.0708. The Morgan fingerprint density at radius 1 is 0.968 bits per heavy atom. The number of carbonyl (C=O) groups excluding carboxylic acids is 1. The summed E-state index contributed by atoms with van der Waals surface area (Å²) in [5.74, 6) is -3.08.